The van der Waals surface area contributed by atoms with E-state index in [1.807, 2.05) is 11.8 Å². The quantitative estimate of drug-likeness (QED) is 0.771. The molecule has 0 aliphatic carbocycles. The van der Waals surface area contributed by atoms with E-state index in [2.05, 4.69) is 11.8 Å². The predicted octanol–water partition coefficient (Wildman–Crippen LogP) is 3.24. The van der Waals surface area contributed by atoms with Gasteiger partial charge in [-0.15, -0.1) is 0 Å². The highest BCUT2D eigenvalue weighted by molar-refractivity contribution is 5.97. The second kappa shape index (κ2) is 8.50. The Balaban J connectivity index is 1.62. The summed E-state index contributed by atoms with van der Waals surface area (Å²) in [6.07, 6.45) is 3.08. The van der Waals surface area contributed by atoms with E-state index < -0.39 is 0 Å². The number of fused-ring (bicyclic) bond motifs is 1. The number of aromatic nitrogens is 2. The third-order valence-corrected chi connectivity index (χ3v) is 6.16. The van der Waals surface area contributed by atoms with Crippen molar-refractivity contribution in [2.45, 2.75) is 39.7 Å². The second-order valence-corrected chi connectivity index (χ2v) is 8.23. The normalized spacial score (nSPS) is 16.9. The van der Waals surface area contributed by atoms with Gasteiger partial charge >= 0.3 is 0 Å². The average Bonchev–Trinajstić information content (AvgIpc) is 2.77. The van der Waals surface area contributed by atoms with E-state index in [4.69, 9.17) is 19.4 Å². The van der Waals surface area contributed by atoms with Crippen molar-refractivity contribution in [3.8, 4) is 11.5 Å². The van der Waals surface area contributed by atoms with E-state index in [1.54, 1.807) is 32.4 Å². The van der Waals surface area contributed by atoms with Crippen LogP contribution in [-0.2, 0) is 13.0 Å². The van der Waals surface area contributed by atoms with Crippen LogP contribution >= 0.6 is 0 Å². The van der Waals surface area contributed by atoms with Crippen molar-refractivity contribution < 1.29 is 14.3 Å². The summed E-state index contributed by atoms with van der Waals surface area (Å²) in [4.78, 5) is 27.1. The van der Waals surface area contributed by atoms with E-state index in [9.17, 15) is 4.79 Å². The number of aryl methyl sites for hydroxylation is 1. The highest BCUT2D eigenvalue weighted by Gasteiger charge is 2.30. The molecule has 1 fully saturated rings. The van der Waals surface area contributed by atoms with Gasteiger partial charge in [-0.05, 0) is 37.8 Å². The standard InChI is InChI=1S/C23H30N4O3/c1-15-7-10-26(11-8-15)22-19-14-27(12-9-20(19)24-16(2)25-22)23(28)18-6-5-17(29-3)13-21(18)30-4/h5-6,13,15H,7-12,14H2,1-4H3. The van der Waals surface area contributed by atoms with Gasteiger partial charge in [-0.25, -0.2) is 9.97 Å². The molecule has 7 heteroatoms. The molecule has 0 atom stereocenters. The van der Waals surface area contributed by atoms with Crippen LogP contribution in [0.3, 0.4) is 0 Å². The summed E-state index contributed by atoms with van der Waals surface area (Å²) < 4.78 is 10.7. The minimum absolute atomic E-state index is 0.0426. The molecular weight excluding hydrogens is 380 g/mol. The second-order valence-electron chi connectivity index (χ2n) is 8.23. The number of hydrogen-bond donors (Lipinski definition) is 0. The number of amides is 1. The zero-order valence-corrected chi connectivity index (χ0v) is 18.3. The maximum Gasteiger partial charge on any atom is 0.257 e. The molecule has 0 unspecified atom stereocenters. The first-order chi connectivity index (χ1) is 14.5. The molecule has 2 aliphatic heterocycles. The summed E-state index contributed by atoms with van der Waals surface area (Å²) in [5, 5.41) is 0. The lowest BCUT2D eigenvalue weighted by atomic mass is 9.98. The fraction of sp³-hybridized carbons (Fsp3) is 0.522. The number of piperidine rings is 1. The van der Waals surface area contributed by atoms with Crippen LogP contribution in [0.4, 0.5) is 5.82 Å². The Bertz CT molecular complexity index is 938. The largest absolute Gasteiger partial charge is 0.497 e. The van der Waals surface area contributed by atoms with Crippen LogP contribution in [0, 0.1) is 12.8 Å². The SMILES string of the molecule is COc1ccc(C(=O)N2CCc3nc(C)nc(N4CCC(C)CC4)c3C2)c(OC)c1. The number of benzene rings is 1. The zero-order chi connectivity index (χ0) is 21.3. The Morgan fingerprint density at radius 3 is 2.57 bits per heavy atom. The Morgan fingerprint density at radius 2 is 1.87 bits per heavy atom. The summed E-state index contributed by atoms with van der Waals surface area (Å²) in [7, 11) is 3.17. The number of anilines is 1. The van der Waals surface area contributed by atoms with Gasteiger partial charge in [0.05, 0.1) is 32.0 Å². The number of methoxy groups -OCH3 is 2. The fourth-order valence-electron chi connectivity index (χ4n) is 4.32. The van der Waals surface area contributed by atoms with E-state index >= 15 is 0 Å². The van der Waals surface area contributed by atoms with Gasteiger partial charge in [0, 0.05) is 37.7 Å². The molecule has 3 heterocycles. The van der Waals surface area contributed by atoms with Crippen LogP contribution in [-0.4, -0.2) is 54.6 Å². The minimum Gasteiger partial charge on any atom is -0.497 e. The molecular formula is C23H30N4O3. The summed E-state index contributed by atoms with van der Waals surface area (Å²) in [5.74, 6) is 3.70. The van der Waals surface area contributed by atoms with Gasteiger partial charge in [0.2, 0.25) is 0 Å². The summed E-state index contributed by atoms with van der Waals surface area (Å²) in [6.45, 7) is 7.42. The smallest absolute Gasteiger partial charge is 0.257 e. The lowest BCUT2D eigenvalue weighted by Crippen LogP contribution is -2.40. The highest BCUT2D eigenvalue weighted by Crippen LogP contribution is 2.32. The Kier molecular flexibility index (Phi) is 5.79. The molecule has 1 amide bonds. The van der Waals surface area contributed by atoms with Gasteiger partial charge in [-0.3, -0.25) is 4.79 Å². The monoisotopic (exact) mass is 410 g/mol. The predicted molar refractivity (Wildman–Crippen MR) is 115 cm³/mol. The molecule has 1 aromatic heterocycles. The molecule has 4 rings (SSSR count). The summed E-state index contributed by atoms with van der Waals surface area (Å²) in [6, 6.07) is 5.31. The molecule has 7 nitrogen and oxygen atoms in total. The maximum absolute atomic E-state index is 13.3. The van der Waals surface area contributed by atoms with Gasteiger partial charge in [-0.1, -0.05) is 6.92 Å². The molecule has 0 saturated carbocycles. The minimum atomic E-state index is -0.0426. The van der Waals surface area contributed by atoms with Crippen LogP contribution in [0.2, 0.25) is 0 Å². The Labute approximate surface area is 178 Å². The first kappa shape index (κ1) is 20.4. The van der Waals surface area contributed by atoms with Crippen LogP contribution in [0.25, 0.3) is 0 Å². The zero-order valence-electron chi connectivity index (χ0n) is 18.3. The first-order valence-corrected chi connectivity index (χ1v) is 10.6. The van der Waals surface area contributed by atoms with Gasteiger partial charge in [0.15, 0.2) is 0 Å². The van der Waals surface area contributed by atoms with Crippen molar-refractivity contribution in [3.05, 3.63) is 40.8 Å². The molecule has 0 N–H and O–H groups in total. The van der Waals surface area contributed by atoms with Gasteiger partial charge < -0.3 is 19.3 Å². The van der Waals surface area contributed by atoms with E-state index in [1.165, 1.54) is 12.8 Å². The first-order valence-electron chi connectivity index (χ1n) is 10.6. The molecule has 30 heavy (non-hydrogen) atoms. The number of ether oxygens (including phenoxy) is 2. The highest BCUT2D eigenvalue weighted by atomic mass is 16.5. The number of nitrogens with zero attached hydrogens (tertiary/aromatic N) is 4. The molecule has 0 radical (unpaired) electrons. The third-order valence-electron chi connectivity index (χ3n) is 6.16. The van der Waals surface area contributed by atoms with Crippen LogP contribution in [0.1, 0.15) is 47.2 Å². The van der Waals surface area contributed by atoms with Gasteiger partial charge in [0.25, 0.3) is 5.91 Å². The third kappa shape index (κ3) is 3.93. The van der Waals surface area contributed by atoms with Crippen molar-refractivity contribution in [1.29, 1.82) is 0 Å². The molecule has 0 spiro atoms. The van der Waals surface area contributed by atoms with Crippen molar-refractivity contribution in [2.24, 2.45) is 5.92 Å². The Morgan fingerprint density at radius 1 is 1.10 bits per heavy atom. The van der Waals surface area contributed by atoms with E-state index in [0.29, 0.717) is 30.2 Å². The van der Waals surface area contributed by atoms with Gasteiger partial charge in [-0.2, -0.15) is 0 Å². The van der Waals surface area contributed by atoms with E-state index in [0.717, 1.165) is 48.3 Å². The van der Waals surface area contributed by atoms with Crippen molar-refractivity contribution >= 4 is 11.7 Å². The number of hydrogen-bond acceptors (Lipinski definition) is 6. The molecule has 160 valence electrons. The Hall–Kier alpha value is -2.83. The van der Waals surface area contributed by atoms with Crippen LogP contribution < -0.4 is 14.4 Å². The van der Waals surface area contributed by atoms with Crippen molar-refractivity contribution in [2.75, 3.05) is 38.8 Å². The lowest BCUT2D eigenvalue weighted by Gasteiger charge is -2.36. The van der Waals surface area contributed by atoms with Crippen molar-refractivity contribution in [1.82, 2.24) is 14.9 Å². The average molecular weight is 411 g/mol. The number of carbonyl (C=O) groups excluding carboxylic acids is 1. The van der Waals surface area contributed by atoms with Crippen molar-refractivity contribution in [3.63, 3.8) is 0 Å². The van der Waals surface area contributed by atoms with Crippen LogP contribution in [0.5, 0.6) is 11.5 Å². The molecule has 2 aliphatic rings. The topological polar surface area (TPSA) is 67.8 Å². The molecule has 2 aromatic rings. The summed E-state index contributed by atoms with van der Waals surface area (Å²) >= 11 is 0. The summed E-state index contributed by atoms with van der Waals surface area (Å²) in [5.41, 5.74) is 2.70. The lowest BCUT2D eigenvalue weighted by molar-refractivity contribution is 0.0730. The molecule has 1 aromatic carbocycles. The number of carbonyl (C=O) groups is 1. The number of rotatable bonds is 4. The molecule has 1 saturated heterocycles. The molecule has 0 bridgehead atoms. The van der Waals surface area contributed by atoms with E-state index in [-0.39, 0.29) is 5.91 Å². The van der Waals surface area contributed by atoms with Crippen LogP contribution in [0.15, 0.2) is 18.2 Å². The van der Waals surface area contributed by atoms with Gasteiger partial charge in [0.1, 0.15) is 23.1 Å². The fourth-order valence-corrected chi connectivity index (χ4v) is 4.32. The maximum atomic E-state index is 13.3.